The molecule has 2 fully saturated rings. The number of benzene rings is 1. The SMILES string of the molecule is Cc1cc(C)c(C(=O)N2CCN(C3CCNC3)CC2)c(C)c1. The van der Waals surface area contributed by atoms with Crippen molar-refractivity contribution >= 4 is 5.91 Å². The van der Waals surface area contributed by atoms with E-state index in [1.165, 1.54) is 12.0 Å². The standard InChI is InChI=1S/C18H27N3O/c1-13-10-14(2)17(15(3)11-13)18(22)21-8-6-20(7-9-21)16-4-5-19-12-16/h10-11,16,19H,4-9,12H2,1-3H3. The van der Waals surface area contributed by atoms with Crippen LogP contribution in [0.3, 0.4) is 0 Å². The first-order valence-corrected chi connectivity index (χ1v) is 8.38. The van der Waals surface area contributed by atoms with Crippen LogP contribution in [0.1, 0.15) is 33.5 Å². The second kappa shape index (κ2) is 6.39. The summed E-state index contributed by atoms with van der Waals surface area (Å²) in [5.41, 5.74) is 4.33. The lowest BCUT2D eigenvalue weighted by Crippen LogP contribution is -2.52. The number of carbonyl (C=O) groups is 1. The number of hydrogen-bond donors (Lipinski definition) is 1. The molecule has 4 nitrogen and oxygen atoms in total. The van der Waals surface area contributed by atoms with E-state index in [1.807, 2.05) is 18.7 Å². The van der Waals surface area contributed by atoms with Crippen molar-refractivity contribution in [2.45, 2.75) is 33.2 Å². The summed E-state index contributed by atoms with van der Waals surface area (Å²) in [6.45, 7) is 12.1. The molecule has 1 N–H and O–H groups in total. The number of piperazine rings is 1. The first-order chi connectivity index (χ1) is 10.6. The van der Waals surface area contributed by atoms with Gasteiger partial charge in [-0.3, -0.25) is 9.69 Å². The van der Waals surface area contributed by atoms with Crippen LogP contribution >= 0.6 is 0 Å². The fourth-order valence-electron chi connectivity index (χ4n) is 3.92. The highest BCUT2D eigenvalue weighted by Gasteiger charge is 2.29. The van der Waals surface area contributed by atoms with Crippen molar-refractivity contribution in [3.63, 3.8) is 0 Å². The Hall–Kier alpha value is -1.39. The summed E-state index contributed by atoms with van der Waals surface area (Å²) < 4.78 is 0. The smallest absolute Gasteiger partial charge is 0.254 e. The van der Waals surface area contributed by atoms with Gasteiger partial charge >= 0.3 is 0 Å². The number of aryl methyl sites for hydroxylation is 3. The van der Waals surface area contributed by atoms with Crippen molar-refractivity contribution in [1.82, 2.24) is 15.1 Å². The zero-order valence-electron chi connectivity index (χ0n) is 14.0. The second-order valence-electron chi connectivity index (χ2n) is 6.75. The van der Waals surface area contributed by atoms with E-state index in [-0.39, 0.29) is 5.91 Å². The average Bonchev–Trinajstić information content (AvgIpc) is 3.00. The fraction of sp³-hybridized carbons (Fsp3) is 0.611. The highest BCUT2D eigenvalue weighted by molar-refractivity contribution is 5.97. The minimum atomic E-state index is 0.208. The number of amides is 1. The van der Waals surface area contributed by atoms with Gasteiger partial charge in [0, 0.05) is 44.3 Å². The van der Waals surface area contributed by atoms with Gasteiger partial charge < -0.3 is 10.2 Å². The molecule has 0 saturated carbocycles. The van der Waals surface area contributed by atoms with Crippen LogP contribution in [0, 0.1) is 20.8 Å². The maximum atomic E-state index is 12.9. The van der Waals surface area contributed by atoms with Gasteiger partial charge in [-0.05, 0) is 44.9 Å². The summed E-state index contributed by atoms with van der Waals surface area (Å²) in [5.74, 6) is 0.208. The lowest BCUT2D eigenvalue weighted by Gasteiger charge is -2.38. The van der Waals surface area contributed by atoms with Gasteiger partial charge in [0.25, 0.3) is 5.91 Å². The molecule has 1 amide bonds. The van der Waals surface area contributed by atoms with E-state index in [2.05, 4.69) is 29.3 Å². The monoisotopic (exact) mass is 301 g/mol. The van der Waals surface area contributed by atoms with Gasteiger partial charge in [-0.15, -0.1) is 0 Å². The average molecular weight is 301 g/mol. The van der Waals surface area contributed by atoms with Gasteiger partial charge in [0.1, 0.15) is 0 Å². The van der Waals surface area contributed by atoms with Crippen molar-refractivity contribution in [3.05, 3.63) is 34.4 Å². The normalized spacial score (nSPS) is 23.0. The summed E-state index contributed by atoms with van der Waals surface area (Å²) in [5, 5.41) is 3.43. The van der Waals surface area contributed by atoms with Crippen LogP contribution in [0.4, 0.5) is 0 Å². The molecule has 1 atom stereocenters. The number of nitrogens with one attached hydrogen (secondary N) is 1. The predicted molar refractivity (Wildman–Crippen MR) is 89.4 cm³/mol. The highest BCUT2D eigenvalue weighted by atomic mass is 16.2. The third-order valence-corrected chi connectivity index (χ3v) is 5.04. The molecule has 2 saturated heterocycles. The Bertz CT molecular complexity index is 532. The summed E-state index contributed by atoms with van der Waals surface area (Å²) in [7, 11) is 0. The summed E-state index contributed by atoms with van der Waals surface area (Å²) in [4.78, 5) is 17.4. The Labute approximate surface area is 133 Å². The quantitative estimate of drug-likeness (QED) is 0.904. The Morgan fingerprint density at radius 2 is 1.73 bits per heavy atom. The molecule has 1 aromatic carbocycles. The zero-order chi connectivity index (χ0) is 15.7. The van der Waals surface area contributed by atoms with Crippen LogP contribution < -0.4 is 5.32 Å². The van der Waals surface area contributed by atoms with Gasteiger partial charge in [-0.2, -0.15) is 0 Å². The molecule has 0 aromatic heterocycles. The molecule has 1 unspecified atom stereocenters. The predicted octanol–water partition coefficient (Wildman–Crippen LogP) is 1.73. The molecule has 4 heteroatoms. The Morgan fingerprint density at radius 3 is 2.27 bits per heavy atom. The van der Waals surface area contributed by atoms with Gasteiger partial charge in [-0.25, -0.2) is 0 Å². The van der Waals surface area contributed by atoms with Crippen LogP contribution in [0.2, 0.25) is 0 Å². The minimum Gasteiger partial charge on any atom is -0.336 e. The number of carbonyl (C=O) groups excluding carboxylic acids is 1. The van der Waals surface area contributed by atoms with Crippen molar-refractivity contribution in [2.75, 3.05) is 39.3 Å². The lowest BCUT2D eigenvalue weighted by molar-refractivity contribution is 0.0582. The van der Waals surface area contributed by atoms with Gasteiger partial charge in [0.2, 0.25) is 0 Å². The number of hydrogen-bond acceptors (Lipinski definition) is 3. The third kappa shape index (κ3) is 3.03. The molecule has 0 bridgehead atoms. The molecule has 2 heterocycles. The van der Waals surface area contributed by atoms with E-state index in [0.29, 0.717) is 6.04 Å². The van der Waals surface area contributed by atoms with Crippen LogP contribution in [-0.2, 0) is 0 Å². The van der Waals surface area contributed by atoms with Crippen LogP contribution in [-0.4, -0.2) is 61.0 Å². The van der Waals surface area contributed by atoms with Gasteiger partial charge in [-0.1, -0.05) is 17.7 Å². The molecule has 2 aliphatic rings. The van der Waals surface area contributed by atoms with E-state index in [1.54, 1.807) is 0 Å². The van der Waals surface area contributed by atoms with Crippen LogP contribution in [0.5, 0.6) is 0 Å². The molecular weight excluding hydrogens is 274 g/mol. The molecule has 0 aliphatic carbocycles. The molecular formula is C18H27N3O. The first-order valence-electron chi connectivity index (χ1n) is 8.38. The molecule has 0 radical (unpaired) electrons. The van der Waals surface area contributed by atoms with Crippen molar-refractivity contribution in [3.8, 4) is 0 Å². The van der Waals surface area contributed by atoms with Gasteiger partial charge in [0.05, 0.1) is 0 Å². The van der Waals surface area contributed by atoms with E-state index in [0.717, 1.165) is 56.0 Å². The van der Waals surface area contributed by atoms with Crippen molar-refractivity contribution < 1.29 is 4.79 Å². The lowest BCUT2D eigenvalue weighted by atomic mass is 9.98. The van der Waals surface area contributed by atoms with Crippen molar-refractivity contribution in [1.29, 1.82) is 0 Å². The van der Waals surface area contributed by atoms with E-state index >= 15 is 0 Å². The zero-order valence-corrected chi connectivity index (χ0v) is 14.0. The maximum absolute atomic E-state index is 12.9. The second-order valence-corrected chi connectivity index (χ2v) is 6.75. The molecule has 3 rings (SSSR count). The van der Waals surface area contributed by atoms with E-state index in [4.69, 9.17) is 0 Å². The van der Waals surface area contributed by atoms with Gasteiger partial charge in [0.15, 0.2) is 0 Å². The first kappa shape index (κ1) is 15.5. The molecule has 1 aromatic rings. The summed E-state index contributed by atoms with van der Waals surface area (Å²) in [6.07, 6.45) is 1.24. The van der Waals surface area contributed by atoms with E-state index in [9.17, 15) is 4.79 Å². The molecule has 120 valence electrons. The molecule has 2 aliphatic heterocycles. The van der Waals surface area contributed by atoms with Crippen LogP contribution in [0.15, 0.2) is 12.1 Å². The summed E-state index contributed by atoms with van der Waals surface area (Å²) >= 11 is 0. The Balaban J connectivity index is 1.67. The molecule has 22 heavy (non-hydrogen) atoms. The fourth-order valence-corrected chi connectivity index (χ4v) is 3.92. The number of nitrogens with zero attached hydrogens (tertiary/aromatic N) is 2. The molecule has 0 spiro atoms. The Morgan fingerprint density at radius 1 is 1.09 bits per heavy atom. The van der Waals surface area contributed by atoms with Crippen molar-refractivity contribution in [2.24, 2.45) is 0 Å². The summed E-state index contributed by atoms with van der Waals surface area (Å²) in [6, 6.07) is 4.89. The topological polar surface area (TPSA) is 35.6 Å². The van der Waals surface area contributed by atoms with E-state index < -0.39 is 0 Å². The Kier molecular flexibility index (Phi) is 4.50. The third-order valence-electron chi connectivity index (χ3n) is 5.04. The largest absolute Gasteiger partial charge is 0.336 e. The highest BCUT2D eigenvalue weighted by Crippen LogP contribution is 2.20. The minimum absolute atomic E-state index is 0.208. The van der Waals surface area contributed by atoms with Crippen LogP contribution in [0.25, 0.3) is 0 Å². The number of rotatable bonds is 2. The maximum Gasteiger partial charge on any atom is 0.254 e.